The SMILES string of the molecule is Cc1cc2ccccc2n1CC(=O)OCC#Cc1ccccc1. The van der Waals surface area contributed by atoms with Crippen LogP contribution in [0.15, 0.2) is 60.7 Å². The third-order valence-corrected chi connectivity index (χ3v) is 3.62. The Balaban J connectivity index is 1.61. The Kier molecular flexibility index (Phi) is 4.44. The summed E-state index contributed by atoms with van der Waals surface area (Å²) in [7, 11) is 0. The molecule has 0 bridgehead atoms. The average Bonchev–Trinajstić information content (AvgIpc) is 2.88. The largest absolute Gasteiger partial charge is 0.451 e. The summed E-state index contributed by atoms with van der Waals surface area (Å²) in [6, 6.07) is 19.7. The third kappa shape index (κ3) is 3.61. The summed E-state index contributed by atoms with van der Waals surface area (Å²) in [6.07, 6.45) is 0. The van der Waals surface area contributed by atoms with E-state index in [1.54, 1.807) is 0 Å². The van der Waals surface area contributed by atoms with E-state index < -0.39 is 0 Å². The molecule has 0 fully saturated rings. The van der Waals surface area contributed by atoms with Crippen LogP contribution in [0.1, 0.15) is 11.3 Å². The first-order valence-electron chi connectivity index (χ1n) is 7.48. The number of fused-ring (bicyclic) bond motifs is 1. The molecule has 0 aliphatic heterocycles. The van der Waals surface area contributed by atoms with Gasteiger partial charge in [-0.3, -0.25) is 4.79 Å². The number of esters is 1. The van der Waals surface area contributed by atoms with E-state index >= 15 is 0 Å². The number of ether oxygens (including phenoxy) is 1. The van der Waals surface area contributed by atoms with Crippen LogP contribution in [0.2, 0.25) is 0 Å². The Morgan fingerprint density at radius 2 is 1.83 bits per heavy atom. The van der Waals surface area contributed by atoms with Crippen molar-refractivity contribution in [1.29, 1.82) is 0 Å². The molecule has 0 aliphatic carbocycles. The van der Waals surface area contributed by atoms with Gasteiger partial charge >= 0.3 is 5.97 Å². The van der Waals surface area contributed by atoms with E-state index in [0.29, 0.717) is 0 Å². The Morgan fingerprint density at radius 3 is 2.65 bits per heavy atom. The van der Waals surface area contributed by atoms with Crippen molar-refractivity contribution in [2.24, 2.45) is 0 Å². The Morgan fingerprint density at radius 1 is 1.09 bits per heavy atom. The summed E-state index contributed by atoms with van der Waals surface area (Å²) in [4.78, 5) is 12.0. The maximum absolute atomic E-state index is 12.0. The molecule has 23 heavy (non-hydrogen) atoms. The molecule has 0 saturated carbocycles. The second-order valence-corrected chi connectivity index (χ2v) is 5.26. The number of hydrogen-bond acceptors (Lipinski definition) is 2. The molecule has 1 heterocycles. The minimum Gasteiger partial charge on any atom is -0.451 e. The number of carbonyl (C=O) groups excluding carboxylic acids is 1. The standard InChI is InChI=1S/C20H17NO2/c1-16-14-18-11-5-6-12-19(18)21(16)15-20(22)23-13-7-10-17-8-3-2-4-9-17/h2-6,8-9,11-12,14H,13,15H2,1H3. The lowest BCUT2D eigenvalue weighted by Gasteiger charge is -2.07. The molecule has 0 aliphatic rings. The molecule has 114 valence electrons. The molecule has 3 nitrogen and oxygen atoms in total. The van der Waals surface area contributed by atoms with E-state index in [4.69, 9.17) is 4.74 Å². The van der Waals surface area contributed by atoms with Gasteiger partial charge in [-0.2, -0.15) is 0 Å². The van der Waals surface area contributed by atoms with Crippen molar-refractivity contribution in [1.82, 2.24) is 4.57 Å². The van der Waals surface area contributed by atoms with Gasteiger partial charge in [0.15, 0.2) is 6.61 Å². The quantitative estimate of drug-likeness (QED) is 0.547. The first kappa shape index (κ1) is 14.9. The zero-order valence-corrected chi connectivity index (χ0v) is 13.0. The van der Waals surface area contributed by atoms with E-state index in [9.17, 15) is 4.79 Å². The van der Waals surface area contributed by atoms with Crippen molar-refractivity contribution in [2.75, 3.05) is 6.61 Å². The zero-order valence-electron chi connectivity index (χ0n) is 13.0. The van der Waals surface area contributed by atoms with E-state index in [-0.39, 0.29) is 19.1 Å². The molecular formula is C20H17NO2. The fourth-order valence-electron chi connectivity index (χ4n) is 2.51. The normalized spacial score (nSPS) is 10.1. The summed E-state index contributed by atoms with van der Waals surface area (Å²) < 4.78 is 7.17. The molecule has 3 aromatic rings. The molecule has 3 heteroatoms. The highest BCUT2D eigenvalue weighted by molar-refractivity contribution is 5.83. The van der Waals surface area contributed by atoms with Crippen LogP contribution < -0.4 is 0 Å². The third-order valence-electron chi connectivity index (χ3n) is 3.62. The topological polar surface area (TPSA) is 31.2 Å². The van der Waals surface area contributed by atoms with Crippen molar-refractivity contribution in [3.8, 4) is 11.8 Å². The van der Waals surface area contributed by atoms with Crippen LogP contribution in [-0.4, -0.2) is 17.1 Å². The predicted molar refractivity (Wildman–Crippen MR) is 91.0 cm³/mol. The summed E-state index contributed by atoms with van der Waals surface area (Å²) in [5.41, 5.74) is 2.99. The molecular weight excluding hydrogens is 286 g/mol. The van der Waals surface area contributed by atoms with Gasteiger partial charge in [0, 0.05) is 16.8 Å². The van der Waals surface area contributed by atoms with Crippen LogP contribution in [0.25, 0.3) is 10.9 Å². The summed E-state index contributed by atoms with van der Waals surface area (Å²) in [5.74, 6) is 5.55. The lowest BCUT2D eigenvalue weighted by Crippen LogP contribution is -2.14. The molecule has 1 aromatic heterocycles. The Bertz CT molecular complexity index is 882. The zero-order chi connectivity index (χ0) is 16.1. The lowest BCUT2D eigenvalue weighted by molar-refractivity contribution is -0.142. The van der Waals surface area contributed by atoms with Gasteiger partial charge in [0.25, 0.3) is 0 Å². The first-order valence-corrected chi connectivity index (χ1v) is 7.48. The summed E-state index contributed by atoms with van der Waals surface area (Å²) >= 11 is 0. The Hall–Kier alpha value is -2.99. The van der Waals surface area contributed by atoms with Gasteiger partial charge in [-0.25, -0.2) is 0 Å². The van der Waals surface area contributed by atoms with Gasteiger partial charge in [-0.1, -0.05) is 48.2 Å². The fraction of sp³-hybridized carbons (Fsp3) is 0.150. The lowest BCUT2D eigenvalue weighted by atomic mass is 10.2. The average molecular weight is 303 g/mol. The van der Waals surface area contributed by atoms with Crippen LogP contribution in [0.5, 0.6) is 0 Å². The highest BCUT2D eigenvalue weighted by atomic mass is 16.5. The van der Waals surface area contributed by atoms with Crippen LogP contribution >= 0.6 is 0 Å². The molecule has 0 unspecified atom stereocenters. The van der Waals surface area contributed by atoms with Crippen LogP contribution in [0, 0.1) is 18.8 Å². The van der Waals surface area contributed by atoms with Crippen molar-refractivity contribution >= 4 is 16.9 Å². The molecule has 2 aromatic carbocycles. The fourth-order valence-corrected chi connectivity index (χ4v) is 2.51. The number of carbonyl (C=O) groups is 1. The van der Waals surface area contributed by atoms with Gasteiger partial charge in [0.1, 0.15) is 6.54 Å². The van der Waals surface area contributed by atoms with Gasteiger partial charge < -0.3 is 9.30 Å². The van der Waals surface area contributed by atoms with Gasteiger partial charge in [0.05, 0.1) is 0 Å². The van der Waals surface area contributed by atoms with Crippen LogP contribution in [0.4, 0.5) is 0 Å². The van der Waals surface area contributed by atoms with Gasteiger partial charge in [-0.05, 0) is 36.6 Å². The van der Waals surface area contributed by atoms with Crippen molar-refractivity contribution < 1.29 is 9.53 Å². The highest BCUT2D eigenvalue weighted by Gasteiger charge is 2.09. The molecule has 0 saturated heterocycles. The summed E-state index contributed by atoms with van der Waals surface area (Å²) in [5, 5.41) is 1.13. The van der Waals surface area contributed by atoms with Gasteiger partial charge in [-0.15, -0.1) is 0 Å². The van der Waals surface area contributed by atoms with Crippen molar-refractivity contribution in [2.45, 2.75) is 13.5 Å². The van der Waals surface area contributed by atoms with Crippen molar-refractivity contribution in [3.63, 3.8) is 0 Å². The van der Waals surface area contributed by atoms with E-state index in [1.807, 2.05) is 66.1 Å². The summed E-state index contributed by atoms with van der Waals surface area (Å²) in [6.45, 7) is 2.29. The highest BCUT2D eigenvalue weighted by Crippen LogP contribution is 2.19. The number of para-hydroxylation sites is 1. The maximum atomic E-state index is 12.0. The number of benzene rings is 2. The number of aryl methyl sites for hydroxylation is 1. The molecule has 0 atom stereocenters. The van der Waals surface area contributed by atoms with Crippen LogP contribution in [0.3, 0.4) is 0 Å². The number of hydrogen-bond donors (Lipinski definition) is 0. The van der Waals surface area contributed by atoms with E-state index in [1.165, 1.54) is 0 Å². The van der Waals surface area contributed by atoms with E-state index in [0.717, 1.165) is 22.2 Å². The smallest absolute Gasteiger partial charge is 0.326 e. The first-order chi connectivity index (χ1) is 11.2. The number of nitrogens with zero attached hydrogens (tertiary/aromatic N) is 1. The second kappa shape index (κ2) is 6.85. The molecule has 0 N–H and O–H groups in total. The molecule has 0 amide bonds. The molecule has 3 rings (SSSR count). The van der Waals surface area contributed by atoms with Crippen molar-refractivity contribution in [3.05, 3.63) is 71.9 Å². The minimum absolute atomic E-state index is 0.103. The Labute approximate surface area is 135 Å². The molecule has 0 spiro atoms. The number of rotatable bonds is 3. The predicted octanol–water partition coefficient (Wildman–Crippen LogP) is 3.54. The van der Waals surface area contributed by atoms with E-state index in [2.05, 4.69) is 17.9 Å². The van der Waals surface area contributed by atoms with Crippen LogP contribution in [-0.2, 0) is 16.1 Å². The van der Waals surface area contributed by atoms with Gasteiger partial charge in [0.2, 0.25) is 0 Å². The monoisotopic (exact) mass is 303 g/mol. The second-order valence-electron chi connectivity index (χ2n) is 5.26. The minimum atomic E-state index is -0.281. The maximum Gasteiger partial charge on any atom is 0.326 e. The molecule has 0 radical (unpaired) electrons. The number of aromatic nitrogens is 1.